The molecule has 1 fully saturated rings. The number of nitrogens with zero attached hydrogens (tertiary/aromatic N) is 2. The number of anilines is 1. The van der Waals surface area contributed by atoms with Gasteiger partial charge < -0.3 is 11.1 Å². The molecule has 1 aromatic carbocycles. The van der Waals surface area contributed by atoms with E-state index in [2.05, 4.69) is 22.2 Å². The molecule has 2 aromatic heterocycles. The number of carbonyl (C=O) groups is 1. The Morgan fingerprint density at radius 1 is 1.00 bits per heavy atom. The van der Waals surface area contributed by atoms with Gasteiger partial charge in [0.15, 0.2) is 0 Å². The van der Waals surface area contributed by atoms with Crippen molar-refractivity contribution in [2.75, 3.05) is 5.32 Å². The van der Waals surface area contributed by atoms with Gasteiger partial charge in [0, 0.05) is 12.2 Å². The van der Waals surface area contributed by atoms with Crippen LogP contribution in [0.25, 0.3) is 11.3 Å². The highest BCUT2D eigenvalue weighted by atomic mass is 35.5. The molecule has 10 heteroatoms. The third kappa shape index (κ3) is 5.87. The first kappa shape index (κ1) is 27.6. The first-order valence-corrected chi connectivity index (χ1v) is 10.4. The SMILES string of the molecule is C[C@@H]1C[C@H](N)C[C@@H](c2ccncc2NC(=O)c2ccc(F)c(-c3c(F)cccc3F)n2)C1.Cl.Cl. The van der Waals surface area contributed by atoms with Crippen molar-refractivity contribution < 1.29 is 18.0 Å². The fourth-order valence-corrected chi connectivity index (χ4v) is 4.43. The summed E-state index contributed by atoms with van der Waals surface area (Å²) in [5.41, 5.74) is 6.26. The van der Waals surface area contributed by atoms with Gasteiger partial charge in [0.05, 0.1) is 17.4 Å². The maximum Gasteiger partial charge on any atom is 0.274 e. The molecule has 1 aliphatic rings. The van der Waals surface area contributed by atoms with E-state index in [1.807, 2.05) is 6.07 Å². The third-order valence-electron chi connectivity index (χ3n) is 5.80. The summed E-state index contributed by atoms with van der Waals surface area (Å²) in [4.78, 5) is 20.9. The smallest absolute Gasteiger partial charge is 0.274 e. The summed E-state index contributed by atoms with van der Waals surface area (Å²) in [7, 11) is 0. The summed E-state index contributed by atoms with van der Waals surface area (Å²) in [6, 6.07) is 7.25. The van der Waals surface area contributed by atoms with E-state index in [0.717, 1.165) is 43.0 Å². The van der Waals surface area contributed by atoms with Crippen molar-refractivity contribution in [3.8, 4) is 11.3 Å². The lowest BCUT2D eigenvalue weighted by molar-refractivity contribution is 0.102. The molecule has 3 aromatic rings. The molecule has 0 saturated heterocycles. The van der Waals surface area contributed by atoms with E-state index in [-0.39, 0.29) is 42.5 Å². The van der Waals surface area contributed by atoms with Crippen LogP contribution in [-0.2, 0) is 0 Å². The van der Waals surface area contributed by atoms with Gasteiger partial charge >= 0.3 is 0 Å². The van der Waals surface area contributed by atoms with E-state index in [9.17, 15) is 18.0 Å². The molecule has 3 atom stereocenters. The van der Waals surface area contributed by atoms with Crippen LogP contribution in [0.2, 0.25) is 0 Å². The molecule has 182 valence electrons. The van der Waals surface area contributed by atoms with Crippen LogP contribution in [0.4, 0.5) is 18.9 Å². The molecule has 1 aliphatic carbocycles. The largest absolute Gasteiger partial charge is 0.328 e. The molecule has 0 spiro atoms. The van der Waals surface area contributed by atoms with E-state index >= 15 is 0 Å². The standard InChI is InChI=1S/C24H23F3N4O.2ClH/c1-13-9-14(11-15(28)10-13)16-7-8-29-12-21(16)31-24(32)20-6-5-19(27)23(30-20)22-17(25)3-2-4-18(22)26;;/h2-8,12-15H,9-11,28H2,1H3,(H,31,32);2*1H/t13-,14-,15-;;/m0../s1. The van der Waals surface area contributed by atoms with Gasteiger partial charge in [0.2, 0.25) is 0 Å². The summed E-state index contributed by atoms with van der Waals surface area (Å²) in [5, 5.41) is 2.77. The Labute approximate surface area is 208 Å². The van der Waals surface area contributed by atoms with E-state index in [1.165, 1.54) is 12.1 Å². The molecule has 0 unspecified atom stereocenters. The predicted molar refractivity (Wildman–Crippen MR) is 130 cm³/mol. The highest BCUT2D eigenvalue weighted by Gasteiger charge is 2.28. The minimum atomic E-state index is -0.966. The number of hydrogen-bond donors (Lipinski definition) is 2. The van der Waals surface area contributed by atoms with Crippen LogP contribution < -0.4 is 11.1 Å². The Bertz CT molecular complexity index is 1130. The van der Waals surface area contributed by atoms with Gasteiger partial charge in [0.25, 0.3) is 5.91 Å². The normalized spacial score (nSPS) is 19.5. The summed E-state index contributed by atoms with van der Waals surface area (Å²) >= 11 is 0. The fourth-order valence-electron chi connectivity index (χ4n) is 4.43. The van der Waals surface area contributed by atoms with Crippen LogP contribution in [0.5, 0.6) is 0 Å². The summed E-state index contributed by atoms with van der Waals surface area (Å²) in [6.07, 6.45) is 5.89. The second kappa shape index (κ2) is 11.6. The van der Waals surface area contributed by atoms with Crippen molar-refractivity contribution in [2.24, 2.45) is 11.7 Å². The summed E-state index contributed by atoms with van der Waals surface area (Å²) in [5.74, 6) is -2.88. The molecular formula is C24H25Cl2F3N4O. The van der Waals surface area contributed by atoms with E-state index in [1.54, 1.807) is 12.4 Å². The van der Waals surface area contributed by atoms with Crippen molar-refractivity contribution in [3.63, 3.8) is 0 Å². The Morgan fingerprint density at radius 2 is 1.71 bits per heavy atom. The van der Waals surface area contributed by atoms with Gasteiger partial charge in [-0.1, -0.05) is 13.0 Å². The van der Waals surface area contributed by atoms with Gasteiger partial charge in [-0.05, 0) is 67.0 Å². The highest BCUT2D eigenvalue weighted by Crippen LogP contribution is 2.38. The molecule has 3 N–H and O–H groups in total. The average molecular weight is 513 g/mol. The zero-order valence-corrected chi connectivity index (χ0v) is 19.9. The van der Waals surface area contributed by atoms with Gasteiger partial charge in [-0.25, -0.2) is 18.2 Å². The minimum absolute atomic E-state index is 0. The third-order valence-corrected chi connectivity index (χ3v) is 5.80. The van der Waals surface area contributed by atoms with Gasteiger partial charge in [0.1, 0.15) is 28.8 Å². The lowest BCUT2D eigenvalue weighted by Gasteiger charge is -2.32. The van der Waals surface area contributed by atoms with E-state index < -0.39 is 34.6 Å². The van der Waals surface area contributed by atoms with Gasteiger partial charge in [-0.3, -0.25) is 9.78 Å². The number of nitrogens with two attached hydrogens (primary N) is 1. The zero-order valence-electron chi connectivity index (χ0n) is 18.3. The second-order valence-corrected chi connectivity index (χ2v) is 8.31. The molecule has 34 heavy (non-hydrogen) atoms. The van der Waals surface area contributed by atoms with Crippen molar-refractivity contribution >= 4 is 36.4 Å². The van der Waals surface area contributed by atoms with Crippen molar-refractivity contribution in [3.05, 3.63) is 77.5 Å². The predicted octanol–water partition coefficient (Wildman–Crippen LogP) is 5.89. The molecule has 0 bridgehead atoms. The monoisotopic (exact) mass is 512 g/mol. The molecular weight excluding hydrogens is 488 g/mol. The number of hydrogen-bond acceptors (Lipinski definition) is 4. The molecule has 1 saturated carbocycles. The molecule has 5 nitrogen and oxygen atoms in total. The number of pyridine rings is 2. The number of aromatic nitrogens is 2. The minimum Gasteiger partial charge on any atom is -0.328 e. The fraction of sp³-hybridized carbons (Fsp3) is 0.292. The number of benzene rings is 1. The maximum absolute atomic E-state index is 14.3. The summed E-state index contributed by atoms with van der Waals surface area (Å²) in [6.45, 7) is 2.15. The quantitative estimate of drug-likeness (QED) is 0.456. The van der Waals surface area contributed by atoms with Crippen molar-refractivity contribution in [1.82, 2.24) is 9.97 Å². The molecule has 1 amide bonds. The number of rotatable bonds is 4. The molecule has 4 rings (SSSR count). The Hall–Kier alpha value is -2.68. The first-order valence-electron chi connectivity index (χ1n) is 10.4. The number of carbonyl (C=O) groups excluding carboxylic acids is 1. The lowest BCUT2D eigenvalue weighted by atomic mass is 9.76. The second-order valence-electron chi connectivity index (χ2n) is 8.31. The topological polar surface area (TPSA) is 80.9 Å². The first-order chi connectivity index (χ1) is 15.3. The highest BCUT2D eigenvalue weighted by molar-refractivity contribution is 6.03. The molecule has 2 heterocycles. The number of amides is 1. The van der Waals surface area contributed by atoms with Crippen molar-refractivity contribution in [1.29, 1.82) is 0 Å². The van der Waals surface area contributed by atoms with Gasteiger partial charge in [-0.15, -0.1) is 24.8 Å². The van der Waals surface area contributed by atoms with Crippen LogP contribution in [0.3, 0.4) is 0 Å². The zero-order chi connectivity index (χ0) is 22.8. The van der Waals surface area contributed by atoms with E-state index in [0.29, 0.717) is 11.6 Å². The van der Waals surface area contributed by atoms with Crippen LogP contribution in [0.1, 0.15) is 48.2 Å². The van der Waals surface area contributed by atoms with E-state index in [4.69, 9.17) is 5.73 Å². The average Bonchev–Trinajstić information content (AvgIpc) is 2.74. The lowest BCUT2D eigenvalue weighted by Crippen LogP contribution is -2.31. The van der Waals surface area contributed by atoms with Crippen LogP contribution in [-0.4, -0.2) is 21.9 Å². The maximum atomic E-state index is 14.3. The van der Waals surface area contributed by atoms with Crippen LogP contribution in [0.15, 0.2) is 48.8 Å². The molecule has 0 radical (unpaired) electrons. The van der Waals surface area contributed by atoms with Crippen LogP contribution >= 0.6 is 24.8 Å². The van der Waals surface area contributed by atoms with Crippen molar-refractivity contribution in [2.45, 2.75) is 38.1 Å². The Balaban J connectivity index is 0.00000204. The number of halogens is 5. The summed E-state index contributed by atoms with van der Waals surface area (Å²) < 4.78 is 42.6. The Morgan fingerprint density at radius 3 is 2.38 bits per heavy atom. The molecule has 0 aliphatic heterocycles. The Kier molecular flexibility index (Phi) is 9.44. The van der Waals surface area contributed by atoms with Gasteiger partial charge in [-0.2, -0.15) is 0 Å². The number of nitrogens with one attached hydrogen (secondary N) is 1. The van der Waals surface area contributed by atoms with Crippen LogP contribution in [0, 0.1) is 23.4 Å².